The number of carbonyl (C=O) groups excluding carboxylic acids is 1. The minimum Gasteiger partial charge on any atom is -0.444 e. The van der Waals surface area contributed by atoms with E-state index in [1.54, 1.807) is 4.90 Å². The minimum atomic E-state index is -0.468. The third kappa shape index (κ3) is 2.75. The van der Waals surface area contributed by atoms with Crippen LogP contribution < -0.4 is 5.73 Å². The third-order valence-electron chi connectivity index (χ3n) is 2.76. The topological polar surface area (TPSA) is 68.5 Å². The van der Waals surface area contributed by atoms with E-state index in [2.05, 4.69) is 4.98 Å². The molecule has 2 heterocycles. The molecule has 1 atom stereocenters. The number of ether oxygens (including phenoxy) is 1. The first kappa shape index (κ1) is 13.1. The standard InChI is InChI=1S/C12H19N3O2S/c1-7-5-8-9(18-10(13)14-8)6-15(7)11(16)17-12(2,3)4/h7H,5-6H2,1-4H3,(H2,13,14). The van der Waals surface area contributed by atoms with Gasteiger partial charge in [-0.25, -0.2) is 9.78 Å². The summed E-state index contributed by atoms with van der Waals surface area (Å²) >= 11 is 1.45. The zero-order valence-corrected chi connectivity index (χ0v) is 12.0. The predicted octanol–water partition coefficient (Wildman–Crippen LogP) is 2.41. The van der Waals surface area contributed by atoms with E-state index >= 15 is 0 Å². The van der Waals surface area contributed by atoms with Crippen LogP contribution in [-0.2, 0) is 17.7 Å². The maximum absolute atomic E-state index is 12.1. The molecule has 2 rings (SSSR count). The Morgan fingerprint density at radius 3 is 2.83 bits per heavy atom. The lowest BCUT2D eigenvalue weighted by Crippen LogP contribution is -2.44. The van der Waals surface area contributed by atoms with Gasteiger partial charge in [-0.1, -0.05) is 0 Å². The average molecular weight is 269 g/mol. The summed E-state index contributed by atoms with van der Waals surface area (Å²) in [5, 5.41) is 0.568. The average Bonchev–Trinajstić information content (AvgIpc) is 2.53. The summed E-state index contributed by atoms with van der Waals surface area (Å²) in [5.74, 6) is 0. The van der Waals surface area contributed by atoms with Gasteiger partial charge in [-0.3, -0.25) is 4.90 Å². The molecule has 1 aromatic rings. The molecule has 1 aliphatic heterocycles. The summed E-state index contributed by atoms with van der Waals surface area (Å²) in [6.07, 6.45) is 0.468. The van der Waals surface area contributed by atoms with Crippen LogP contribution >= 0.6 is 11.3 Å². The molecule has 0 aliphatic carbocycles. The lowest BCUT2D eigenvalue weighted by atomic mass is 10.1. The fourth-order valence-corrected chi connectivity index (χ4v) is 2.81. The molecule has 1 amide bonds. The van der Waals surface area contributed by atoms with Crippen LogP contribution in [0.25, 0.3) is 0 Å². The summed E-state index contributed by atoms with van der Waals surface area (Å²) in [6, 6.07) is 0.0915. The smallest absolute Gasteiger partial charge is 0.410 e. The number of nitrogen functional groups attached to an aromatic ring is 1. The van der Waals surface area contributed by atoms with Gasteiger partial charge in [0.2, 0.25) is 0 Å². The summed E-state index contributed by atoms with van der Waals surface area (Å²) < 4.78 is 5.41. The molecule has 0 saturated heterocycles. The minimum absolute atomic E-state index is 0.0915. The highest BCUT2D eigenvalue weighted by Crippen LogP contribution is 2.30. The van der Waals surface area contributed by atoms with Crippen molar-refractivity contribution in [2.24, 2.45) is 0 Å². The van der Waals surface area contributed by atoms with Crippen molar-refractivity contribution < 1.29 is 9.53 Å². The van der Waals surface area contributed by atoms with Gasteiger partial charge >= 0.3 is 6.09 Å². The number of fused-ring (bicyclic) bond motifs is 1. The van der Waals surface area contributed by atoms with Crippen molar-refractivity contribution in [3.05, 3.63) is 10.6 Å². The van der Waals surface area contributed by atoms with Gasteiger partial charge in [0.1, 0.15) is 5.60 Å². The summed E-state index contributed by atoms with van der Waals surface area (Å²) in [6.45, 7) is 8.16. The SMILES string of the molecule is CC1Cc2nc(N)sc2CN1C(=O)OC(C)(C)C. The Morgan fingerprint density at radius 2 is 2.22 bits per heavy atom. The zero-order valence-electron chi connectivity index (χ0n) is 11.2. The first-order chi connectivity index (χ1) is 8.26. The van der Waals surface area contributed by atoms with Gasteiger partial charge in [-0.05, 0) is 27.7 Å². The number of nitrogens with zero attached hydrogens (tertiary/aromatic N) is 2. The Morgan fingerprint density at radius 1 is 1.56 bits per heavy atom. The zero-order chi connectivity index (χ0) is 13.5. The predicted molar refractivity (Wildman–Crippen MR) is 71.5 cm³/mol. The van der Waals surface area contributed by atoms with E-state index in [1.165, 1.54) is 11.3 Å². The Kier molecular flexibility index (Phi) is 3.23. The molecule has 1 aromatic heterocycles. The highest BCUT2D eigenvalue weighted by Gasteiger charge is 2.32. The second-order valence-electron chi connectivity index (χ2n) is 5.58. The first-order valence-corrected chi connectivity index (χ1v) is 6.81. The normalized spacial score (nSPS) is 19.6. The van der Waals surface area contributed by atoms with Gasteiger partial charge < -0.3 is 10.5 Å². The van der Waals surface area contributed by atoms with Crippen LogP contribution in [0.3, 0.4) is 0 Å². The number of hydrogen-bond donors (Lipinski definition) is 1. The molecular formula is C12H19N3O2S. The van der Waals surface area contributed by atoms with Gasteiger partial charge in [-0.2, -0.15) is 0 Å². The van der Waals surface area contributed by atoms with E-state index in [9.17, 15) is 4.79 Å². The van der Waals surface area contributed by atoms with Crippen molar-refractivity contribution >= 4 is 22.6 Å². The molecule has 2 N–H and O–H groups in total. The summed E-state index contributed by atoms with van der Waals surface area (Å²) in [7, 11) is 0. The van der Waals surface area contributed by atoms with Gasteiger partial charge in [0.05, 0.1) is 12.2 Å². The van der Waals surface area contributed by atoms with Crippen LogP contribution in [0.4, 0.5) is 9.93 Å². The maximum atomic E-state index is 12.1. The Labute approximate surface area is 111 Å². The summed E-state index contributed by atoms with van der Waals surface area (Å²) in [4.78, 5) is 19.2. The highest BCUT2D eigenvalue weighted by atomic mass is 32.1. The van der Waals surface area contributed by atoms with Crippen LogP contribution in [0, 0.1) is 0 Å². The molecule has 0 fully saturated rings. The largest absolute Gasteiger partial charge is 0.444 e. The molecule has 1 aliphatic rings. The Hall–Kier alpha value is -1.30. The second-order valence-corrected chi connectivity index (χ2v) is 6.70. The van der Waals surface area contributed by atoms with Gasteiger partial charge in [-0.15, -0.1) is 11.3 Å². The quantitative estimate of drug-likeness (QED) is 0.785. The Balaban J connectivity index is 2.14. The lowest BCUT2D eigenvalue weighted by molar-refractivity contribution is 0.0140. The van der Waals surface area contributed by atoms with E-state index in [4.69, 9.17) is 10.5 Å². The molecule has 0 spiro atoms. The fraction of sp³-hybridized carbons (Fsp3) is 0.667. The molecule has 100 valence electrons. The first-order valence-electron chi connectivity index (χ1n) is 6.00. The van der Waals surface area contributed by atoms with Crippen molar-refractivity contribution in [1.82, 2.24) is 9.88 Å². The number of thiazole rings is 1. The number of anilines is 1. The van der Waals surface area contributed by atoms with Gasteiger partial charge in [0, 0.05) is 17.3 Å². The second kappa shape index (κ2) is 4.42. The fourth-order valence-electron chi connectivity index (χ4n) is 1.95. The van der Waals surface area contributed by atoms with Crippen molar-refractivity contribution in [3.63, 3.8) is 0 Å². The van der Waals surface area contributed by atoms with Crippen LogP contribution in [-0.4, -0.2) is 27.6 Å². The van der Waals surface area contributed by atoms with Gasteiger partial charge in [0.15, 0.2) is 5.13 Å². The van der Waals surface area contributed by atoms with Crippen LogP contribution in [0.1, 0.15) is 38.3 Å². The maximum Gasteiger partial charge on any atom is 0.410 e. The molecule has 0 saturated carbocycles. The summed E-state index contributed by atoms with van der Waals surface area (Å²) in [5.41, 5.74) is 6.25. The molecule has 18 heavy (non-hydrogen) atoms. The van der Waals surface area contributed by atoms with Crippen molar-refractivity contribution in [2.45, 2.75) is 52.3 Å². The number of carbonyl (C=O) groups is 1. The van der Waals surface area contributed by atoms with E-state index in [-0.39, 0.29) is 12.1 Å². The molecule has 5 nitrogen and oxygen atoms in total. The molecule has 0 radical (unpaired) electrons. The molecular weight excluding hydrogens is 250 g/mol. The van der Waals surface area contributed by atoms with Crippen molar-refractivity contribution in [3.8, 4) is 0 Å². The molecule has 0 aromatic carbocycles. The van der Waals surface area contributed by atoms with E-state index < -0.39 is 5.60 Å². The van der Waals surface area contributed by atoms with E-state index in [0.29, 0.717) is 11.7 Å². The van der Waals surface area contributed by atoms with Crippen LogP contribution in [0.5, 0.6) is 0 Å². The Bertz CT molecular complexity index is 464. The lowest BCUT2D eigenvalue weighted by Gasteiger charge is -2.34. The number of hydrogen-bond acceptors (Lipinski definition) is 5. The number of rotatable bonds is 0. The number of amides is 1. The number of nitrogens with two attached hydrogens (primary N) is 1. The van der Waals surface area contributed by atoms with Crippen molar-refractivity contribution in [2.75, 3.05) is 5.73 Å². The monoisotopic (exact) mass is 269 g/mol. The van der Waals surface area contributed by atoms with E-state index in [1.807, 2.05) is 27.7 Å². The molecule has 6 heteroatoms. The highest BCUT2D eigenvalue weighted by molar-refractivity contribution is 7.15. The molecule has 1 unspecified atom stereocenters. The van der Waals surface area contributed by atoms with E-state index in [0.717, 1.165) is 17.0 Å². The third-order valence-corrected chi connectivity index (χ3v) is 3.67. The number of aromatic nitrogens is 1. The molecule has 0 bridgehead atoms. The van der Waals surface area contributed by atoms with Crippen molar-refractivity contribution in [1.29, 1.82) is 0 Å². The van der Waals surface area contributed by atoms with Crippen LogP contribution in [0.2, 0.25) is 0 Å². The van der Waals surface area contributed by atoms with Gasteiger partial charge in [0.25, 0.3) is 0 Å². The van der Waals surface area contributed by atoms with Crippen LogP contribution in [0.15, 0.2) is 0 Å².